The van der Waals surface area contributed by atoms with Crippen LogP contribution in [0.4, 0.5) is 23.2 Å². The Morgan fingerprint density at radius 2 is 1.65 bits per heavy atom. The molecule has 3 heterocycles. The molecule has 0 spiro atoms. The van der Waals surface area contributed by atoms with Crippen molar-refractivity contribution in [2.24, 2.45) is 0 Å². The Kier molecular flexibility index (Phi) is 7.95. The third-order valence-electron chi connectivity index (χ3n) is 8.69. The maximum atomic E-state index is 15.4. The minimum Gasteiger partial charge on any atom is -0.494 e. The van der Waals surface area contributed by atoms with E-state index in [-0.39, 0.29) is 30.1 Å². The fraction of sp³-hybridized carbons (Fsp3) is 0.406. The van der Waals surface area contributed by atoms with Crippen LogP contribution in [-0.2, 0) is 24.0 Å². The summed E-state index contributed by atoms with van der Waals surface area (Å²) in [5, 5.41) is 0. The van der Waals surface area contributed by atoms with Crippen molar-refractivity contribution in [2.45, 2.75) is 44.3 Å². The van der Waals surface area contributed by atoms with Crippen molar-refractivity contribution >= 4 is 16.7 Å². The predicted molar refractivity (Wildman–Crippen MR) is 156 cm³/mol. The van der Waals surface area contributed by atoms with Crippen molar-refractivity contribution in [1.82, 2.24) is 14.0 Å². The zero-order valence-corrected chi connectivity index (χ0v) is 24.1. The van der Waals surface area contributed by atoms with Crippen LogP contribution in [0.25, 0.3) is 11.0 Å². The molecular weight excluding hydrogens is 564 g/mol. The minimum atomic E-state index is -4.56. The summed E-state index contributed by atoms with van der Waals surface area (Å²) in [6, 6.07) is 15.3. The van der Waals surface area contributed by atoms with Crippen LogP contribution in [0.2, 0.25) is 0 Å². The maximum absolute atomic E-state index is 15.4. The first-order valence-corrected chi connectivity index (χ1v) is 14.4. The lowest BCUT2D eigenvalue weighted by molar-refractivity contribution is -0.138. The molecule has 2 aliphatic heterocycles. The molecule has 2 fully saturated rings. The molecule has 7 nitrogen and oxygen atoms in total. The van der Waals surface area contributed by atoms with Crippen LogP contribution in [0.15, 0.2) is 65.5 Å². The lowest BCUT2D eigenvalue weighted by atomic mass is 10.1. The molecule has 6 rings (SSSR count). The molecule has 2 aliphatic rings. The first-order valence-electron chi connectivity index (χ1n) is 14.4. The van der Waals surface area contributed by atoms with Gasteiger partial charge in [0.2, 0.25) is 0 Å². The second-order valence-corrected chi connectivity index (χ2v) is 11.2. The Hall–Kier alpha value is -3.83. The van der Waals surface area contributed by atoms with E-state index in [0.717, 1.165) is 31.1 Å². The number of alkyl halides is 3. The first-order chi connectivity index (χ1) is 20.7. The summed E-state index contributed by atoms with van der Waals surface area (Å²) in [6.07, 6.45) is -2.90. The molecular formula is C32H34F4N4O3. The Bertz CT molecular complexity index is 1680. The van der Waals surface area contributed by atoms with Gasteiger partial charge < -0.3 is 14.4 Å². The average molecular weight is 599 g/mol. The molecule has 0 radical (unpaired) electrons. The van der Waals surface area contributed by atoms with Gasteiger partial charge in [-0.1, -0.05) is 36.4 Å². The average Bonchev–Trinajstić information content (AvgIpc) is 3.71. The van der Waals surface area contributed by atoms with E-state index in [1.54, 1.807) is 35.9 Å². The highest BCUT2D eigenvalue weighted by atomic mass is 19.4. The molecule has 4 aromatic rings. The van der Waals surface area contributed by atoms with Gasteiger partial charge in [-0.15, -0.1) is 0 Å². The van der Waals surface area contributed by atoms with Gasteiger partial charge in [-0.25, -0.2) is 9.18 Å². The summed E-state index contributed by atoms with van der Waals surface area (Å²) >= 11 is 0. The number of methoxy groups -OCH3 is 2. The number of halogens is 4. The summed E-state index contributed by atoms with van der Waals surface area (Å²) in [5.74, 6) is 0.0740. The lowest BCUT2D eigenvalue weighted by Crippen LogP contribution is -2.31. The number of benzene rings is 3. The second kappa shape index (κ2) is 11.7. The van der Waals surface area contributed by atoms with Gasteiger partial charge in [0.15, 0.2) is 0 Å². The zero-order valence-electron chi connectivity index (χ0n) is 24.1. The molecule has 0 amide bonds. The van der Waals surface area contributed by atoms with Crippen molar-refractivity contribution < 1.29 is 27.0 Å². The predicted octanol–water partition coefficient (Wildman–Crippen LogP) is 5.69. The summed E-state index contributed by atoms with van der Waals surface area (Å²) in [6.45, 7) is 2.87. The SMILES string of the molecule is COc1cccc2c1n(Cc1ccccc1C(F)(F)F)c(=O)n2C1CCN(c2c(F)cccc2CN2CCC(OC)C2)C1. The number of imidazole rings is 1. The van der Waals surface area contributed by atoms with E-state index in [0.29, 0.717) is 48.5 Å². The Labute approximate surface area is 246 Å². The van der Waals surface area contributed by atoms with E-state index in [1.165, 1.54) is 35.9 Å². The van der Waals surface area contributed by atoms with E-state index < -0.39 is 17.4 Å². The third-order valence-corrected chi connectivity index (χ3v) is 8.69. The van der Waals surface area contributed by atoms with Gasteiger partial charge >= 0.3 is 11.9 Å². The number of likely N-dealkylation sites (tertiary alicyclic amines) is 1. The zero-order chi connectivity index (χ0) is 30.3. The number of anilines is 1. The molecule has 2 unspecified atom stereocenters. The fourth-order valence-electron chi connectivity index (χ4n) is 6.65. The molecule has 0 saturated carbocycles. The van der Waals surface area contributed by atoms with Crippen molar-refractivity contribution in [3.8, 4) is 5.75 Å². The minimum absolute atomic E-state index is 0.0104. The van der Waals surface area contributed by atoms with Crippen LogP contribution >= 0.6 is 0 Å². The maximum Gasteiger partial charge on any atom is 0.416 e. The van der Waals surface area contributed by atoms with Crippen molar-refractivity contribution in [2.75, 3.05) is 45.3 Å². The summed E-state index contributed by atoms with van der Waals surface area (Å²) < 4.78 is 71.0. The van der Waals surface area contributed by atoms with E-state index in [4.69, 9.17) is 9.47 Å². The van der Waals surface area contributed by atoms with Crippen LogP contribution in [0.1, 0.15) is 35.6 Å². The van der Waals surface area contributed by atoms with E-state index in [9.17, 15) is 18.0 Å². The van der Waals surface area contributed by atoms with Gasteiger partial charge in [0, 0.05) is 39.8 Å². The molecule has 2 saturated heterocycles. The molecule has 43 heavy (non-hydrogen) atoms. The molecule has 0 aliphatic carbocycles. The van der Waals surface area contributed by atoms with Gasteiger partial charge in [-0.3, -0.25) is 14.0 Å². The largest absolute Gasteiger partial charge is 0.494 e. The molecule has 228 valence electrons. The van der Waals surface area contributed by atoms with Crippen molar-refractivity contribution in [1.29, 1.82) is 0 Å². The molecule has 1 aromatic heterocycles. The summed E-state index contributed by atoms with van der Waals surface area (Å²) in [5.41, 5.74) is 1.17. The smallest absolute Gasteiger partial charge is 0.416 e. The lowest BCUT2D eigenvalue weighted by Gasteiger charge is -2.25. The molecule has 3 aromatic carbocycles. The van der Waals surface area contributed by atoms with Crippen molar-refractivity contribution in [3.05, 3.63) is 93.7 Å². The Morgan fingerprint density at radius 3 is 2.40 bits per heavy atom. The van der Waals surface area contributed by atoms with Gasteiger partial charge in [-0.2, -0.15) is 13.2 Å². The number of rotatable bonds is 8. The standard InChI is InChI=1S/C32H34F4N4O3/c1-42-24-14-15-37(20-24)17-22-8-5-10-26(33)29(22)38-16-13-23(19-38)40-27-11-6-12-28(43-2)30(27)39(31(40)41)18-21-7-3-4-9-25(21)32(34,35)36/h3-12,23-24H,13-20H2,1-2H3. The van der Waals surface area contributed by atoms with E-state index in [1.807, 2.05) is 11.0 Å². The second-order valence-electron chi connectivity index (χ2n) is 11.2. The number of nitrogens with zero attached hydrogens (tertiary/aromatic N) is 4. The molecule has 0 N–H and O–H groups in total. The van der Waals surface area contributed by atoms with Crippen LogP contribution in [0, 0.1) is 5.82 Å². The van der Waals surface area contributed by atoms with Gasteiger partial charge in [-0.05, 0) is 48.2 Å². The van der Waals surface area contributed by atoms with Crippen molar-refractivity contribution in [3.63, 3.8) is 0 Å². The summed E-state index contributed by atoms with van der Waals surface area (Å²) in [4.78, 5) is 18.3. The number of aromatic nitrogens is 2. The fourth-order valence-corrected chi connectivity index (χ4v) is 6.65. The molecule has 11 heteroatoms. The topological polar surface area (TPSA) is 51.9 Å². The van der Waals surface area contributed by atoms with Crippen LogP contribution < -0.4 is 15.3 Å². The van der Waals surface area contributed by atoms with Crippen LogP contribution in [-0.4, -0.2) is 60.5 Å². The number of fused-ring (bicyclic) bond motifs is 1. The Morgan fingerprint density at radius 1 is 0.884 bits per heavy atom. The van der Waals surface area contributed by atoms with Crippen LogP contribution in [0.5, 0.6) is 5.75 Å². The Balaban J connectivity index is 1.36. The summed E-state index contributed by atoms with van der Waals surface area (Å²) in [7, 11) is 3.17. The number of hydrogen-bond donors (Lipinski definition) is 0. The quantitative estimate of drug-likeness (QED) is 0.244. The van der Waals surface area contributed by atoms with Gasteiger partial charge in [0.05, 0.1) is 42.6 Å². The number of para-hydroxylation sites is 2. The highest BCUT2D eigenvalue weighted by Crippen LogP contribution is 2.36. The highest BCUT2D eigenvalue weighted by Gasteiger charge is 2.35. The van der Waals surface area contributed by atoms with Gasteiger partial charge in [0.25, 0.3) is 0 Å². The first kappa shape index (κ1) is 29.3. The normalized spacial score (nSPS) is 19.5. The highest BCUT2D eigenvalue weighted by molar-refractivity contribution is 5.83. The molecule has 2 atom stereocenters. The number of hydrogen-bond acceptors (Lipinski definition) is 5. The van der Waals surface area contributed by atoms with Crippen LogP contribution in [0.3, 0.4) is 0 Å². The third kappa shape index (κ3) is 5.51. The van der Waals surface area contributed by atoms with E-state index in [2.05, 4.69) is 4.90 Å². The monoisotopic (exact) mass is 598 g/mol. The van der Waals surface area contributed by atoms with Gasteiger partial charge in [0.1, 0.15) is 17.1 Å². The molecule has 0 bridgehead atoms. The number of ether oxygens (including phenoxy) is 2. The van der Waals surface area contributed by atoms with E-state index >= 15 is 4.39 Å².